The second-order valence-electron chi connectivity index (χ2n) is 5.76. The maximum Gasteiger partial charge on any atom is 0.328 e. The van der Waals surface area contributed by atoms with Crippen molar-refractivity contribution in [3.8, 4) is 0 Å². The lowest BCUT2D eigenvalue weighted by Gasteiger charge is -2.04. The van der Waals surface area contributed by atoms with Gasteiger partial charge in [0.05, 0.1) is 24.1 Å². The van der Waals surface area contributed by atoms with Gasteiger partial charge in [0, 0.05) is 19.7 Å². The van der Waals surface area contributed by atoms with Crippen LogP contribution in [0.3, 0.4) is 0 Å². The van der Waals surface area contributed by atoms with E-state index in [1.165, 1.54) is 0 Å². The molecule has 132 valence electrons. The van der Waals surface area contributed by atoms with E-state index in [-0.39, 0.29) is 17.2 Å². The number of amides is 1. The van der Waals surface area contributed by atoms with Gasteiger partial charge in [-0.3, -0.25) is 13.9 Å². The van der Waals surface area contributed by atoms with Crippen molar-refractivity contribution in [2.24, 2.45) is 14.1 Å². The third kappa shape index (κ3) is 3.24. The number of imidazole rings is 1. The Morgan fingerprint density at radius 3 is 2.76 bits per heavy atom. The van der Waals surface area contributed by atoms with Crippen LogP contribution in [0.5, 0.6) is 0 Å². The number of nitrogens with two attached hydrogens (primary N) is 2. The lowest BCUT2D eigenvalue weighted by molar-refractivity contribution is -0.668. The van der Waals surface area contributed by atoms with Crippen molar-refractivity contribution in [1.82, 2.24) is 24.8 Å². The largest absolute Gasteiger partial charge is 0.379 e. The van der Waals surface area contributed by atoms with Crippen molar-refractivity contribution in [3.63, 3.8) is 0 Å². The average molecular weight is 346 g/mol. The number of carbonyl (C=O) groups is 1. The van der Waals surface area contributed by atoms with Crippen LogP contribution in [-0.4, -0.2) is 38.4 Å². The Labute approximate surface area is 142 Å². The van der Waals surface area contributed by atoms with E-state index in [2.05, 4.69) is 25.6 Å². The second-order valence-corrected chi connectivity index (χ2v) is 5.76. The summed E-state index contributed by atoms with van der Waals surface area (Å²) < 4.78 is 7.65. The van der Waals surface area contributed by atoms with Gasteiger partial charge in [-0.05, 0) is 22.4 Å². The third-order valence-corrected chi connectivity index (χ3v) is 4.08. The molecule has 25 heavy (non-hydrogen) atoms. The molecule has 3 rings (SSSR count). The fourth-order valence-corrected chi connectivity index (χ4v) is 2.67. The molecular formula is C15H20N7O3+. The highest BCUT2D eigenvalue weighted by molar-refractivity contribution is 5.95. The van der Waals surface area contributed by atoms with Crippen molar-refractivity contribution < 1.29 is 14.7 Å². The van der Waals surface area contributed by atoms with Crippen LogP contribution in [0, 0.1) is 0 Å². The van der Waals surface area contributed by atoms with Crippen molar-refractivity contribution in [2.75, 3.05) is 18.8 Å². The number of hydrogen-bond acceptors (Lipinski definition) is 6. The number of nitrogens with one attached hydrogen (secondary N) is 1. The minimum Gasteiger partial charge on any atom is -0.379 e. The summed E-state index contributed by atoms with van der Waals surface area (Å²) >= 11 is 0. The summed E-state index contributed by atoms with van der Waals surface area (Å²) in [6.45, 7) is 1.88. The molecule has 10 heteroatoms. The van der Waals surface area contributed by atoms with E-state index in [1.807, 2.05) is 18.2 Å². The minimum absolute atomic E-state index is 0.00422. The van der Waals surface area contributed by atoms with Gasteiger partial charge in [0.15, 0.2) is 0 Å². The first-order valence-corrected chi connectivity index (χ1v) is 7.81. The SMILES string of the molecule is Cn1c(=O)n(C)c2cc(C[NH2+]CCNC(=O)c3nonc3N)ccc21. The Hall–Kier alpha value is -3.14. The van der Waals surface area contributed by atoms with Crippen LogP contribution in [0.2, 0.25) is 0 Å². The summed E-state index contributed by atoms with van der Waals surface area (Å²) in [5.74, 6) is -0.434. The lowest BCUT2D eigenvalue weighted by atomic mass is 10.2. The van der Waals surface area contributed by atoms with E-state index in [1.54, 1.807) is 23.2 Å². The predicted molar refractivity (Wildman–Crippen MR) is 89.7 cm³/mol. The minimum atomic E-state index is -0.409. The maximum absolute atomic E-state index is 11.9. The molecule has 0 saturated heterocycles. The summed E-state index contributed by atoms with van der Waals surface area (Å²) in [6, 6.07) is 5.95. The quantitative estimate of drug-likeness (QED) is 0.457. The lowest BCUT2D eigenvalue weighted by Crippen LogP contribution is -2.84. The van der Waals surface area contributed by atoms with Gasteiger partial charge in [0.1, 0.15) is 6.54 Å². The first-order chi connectivity index (χ1) is 12.0. The van der Waals surface area contributed by atoms with Gasteiger partial charge < -0.3 is 16.4 Å². The zero-order valence-electron chi connectivity index (χ0n) is 14.0. The van der Waals surface area contributed by atoms with E-state index in [0.717, 1.165) is 23.1 Å². The van der Waals surface area contributed by atoms with Gasteiger partial charge >= 0.3 is 5.69 Å². The van der Waals surface area contributed by atoms with Gasteiger partial charge in [0.25, 0.3) is 5.91 Å². The Bertz CT molecular complexity index is 969. The maximum atomic E-state index is 11.9. The number of nitrogens with zero attached hydrogens (tertiary/aromatic N) is 4. The average Bonchev–Trinajstić information content (AvgIpc) is 3.12. The van der Waals surface area contributed by atoms with E-state index < -0.39 is 5.91 Å². The highest BCUT2D eigenvalue weighted by atomic mass is 16.6. The number of carbonyl (C=O) groups excluding carboxylic acids is 1. The van der Waals surface area contributed by atoms with Gasteiger partial charge in [-0.25, -0.2) is 9.42 Å². The molecule has 5 N–H and O–H groups in total. The Balaban J connectivity index is 1.52. The monoisotopic (exact) mass is 346 g/mol. The van der Waals surface area contributed by atoms with Crippen LogP contribution in [0.1, 0.15) is 16.1 Å². The van der Waals surface area contributed by atoms with Crippen molar-refractivity contribution in [2.45, 2.75) is 6.54 Å². The number of hydrogen-bond donors (Lipinski definition) is 3. The fraction of sp³-hybridized carbons (Fsp3) is 0.333. The number of aromatic nitrogens is 4. The fourth-order valence-electron chi connectivity index (χ4n) is 2.67. The molecule has 0 aliphatic carbocycles. The zero-order valence-corrected chi connectivity index (χ0v) is 14.0. The highest BCUT2D eigenvalue weighted by Crippen LogP contribution is 2.13. The number of quaternary nitrogens is 1. The summed E-state index contributed by atoms with van der Waals surface area (Å²) in [4.78, 5) is 23.7. The molecule has 10 nitrogen and oxygen atoms in total. The van der Waals surface area contributed by atoms with Crippen LogP contribution in [-0.2, 0) is 20.6 Å². The first kappa shape index (κ1) is 16.7. The molecule has 0 fully saturated rings. The number of fused-ring (bicyclic) bond motifs is 1. The summed E-state index contributed by atoms with van der Waals surface area (Å²) in [7, 11) is 3.52. The van der Waals surface area contributed by atoms with Crippen molar-refractivity contribution in [3.05, 3.63) is 39.9 Å². The van der Waals surface area contributed by atoms with Crippen LogP contribution >= 0.6 is 0 Å². The third-order valence-electron chi connectivity index (χ3n) is 4.08. The Morgan fingerprint density at radius 2 is 2.04 bits per heavy atom. The molecule has 0 atom stereocenters. The topological polar surface area (TPSA) is 138 Å². The Kier molecular flexibility index (Phi) is 4.52. The number of anilines is 1. The first-order valence-electron chi connectivity index (χ1n) is 7.81. The molecule has 0 bridgehead atoms. The summed E-state index contributed by atoms with van der Waals surface area (Å²) in [6.07, 6.45) is 0. The number of benzene rings is 1. The molecule has 1 aromatic carbocycles. The van der Waals surface area contributed by atoms with E-state index in [4.69, 9.17) is 5.73 Å². The molecule has 2 heterocycles. The standard InChI is InChI=1S/C15H19N7O3/c1-21-10-4-3-9(7-11(10)22(2)15(21)24)8-17-5-6-18-14(23)12-13(16)20-25-19-12/h3-4,7,17H,5-6,8H2,1-2H3,(H2,16,20)(H,18,23)/p+1. The molecular weight excluding hydrogens is 326 g/mol. The van der Waals surface area contributed by atoms with Crippen LogP contribution in [0.4, 0.5) is 5.82 Å². The number of rotatable bonds is 6. The van der Waals surface area contributed by atoms with Crippen molar-refractivity contribution in [1.29, 1.82) is 0 Å². The molecule has 2 aromatic heterocycles. The summed E-state index contributed by atoms with van der Waals surface area (Å²) in [5.41, 5.74) is 8.32. The van der Waals surface area contributed by atoms with Crippen LogP contribution in [0.25, 0.3) is 11.0 Å². The molecule has 0 aliphatic rings. The molecule has 0 unspecified atom stereocenters. The second kappa shape index (κ2) is 6.77. The van der Waals surface area contributed by atoms with Crippen molar-refractivity contribution >= 4 is 22.8 Å². The molecule has 3 aromatic rings. The molecule has 0 spiro atoms. The van der Waals surface area contributed by atoms with E-state index >= 15 is 0 Å². The van der Waals surface area contributed by atoms with Crippen LogP contribution in [0.15, 0.2) is 27.6 Å². The van der Waals surface area contributed by atoms with Gasteiger partial charge in [0.2, 0.25) is 11.5 Å². The van der Waals surface area contributed by atoms with Crippen LogP contribution < -0.4 is 22.1 Å². The molecule has 1 amide bonds. The Morgan fingerprint density at radius 1 is 1.28 bits per heavy atom. The summed E-state index contributed by atoms with van der Waals surface area (Å²) in [5, 5.41) is 11.6. The molecule has 0 radical (unpaired) electrons. The smallest absolute Gasteiger partial charge is 0.328 e. The number of nitrogen functional groups attached to an aromatic ring is 1. The zero-order chi connectivity index (χ0) is 18.0. The number of aryl methyl sites for hydroxylation is 2. The predicted octanol–water partition coefficient (Wildman–Crippen LogP) is -1.66. The molecule has 0 aliphatic heterocycles. The molecule has 0 saturated carbocycles. The van der Waals surface area contributed by atoms with E-state index in [9.17, 15) is 9.59 Å². The van der Waals surface area contributed by atoms with Gasteiger partial charge in [-0.2, -0.15) is 0 Å². The van der Waals surface area contributed by atoms with Gasteiger partial charge in [-0.1, -0.05) is 6.07 Å². The van der Waals surface area contributed by atoms with E-state index in [0.29, 0.717) is 13.1 Å². The normalized spacial score (nSPS) is 11.1. The van der Waals surface area contributed by atoms with Gasteiger partial charge in [-0.15, -0.1) is 0 Å². The highest BCUT2D eigenvalue weighted by Gasteiger charge is 2.15.